The number of methoxy groups -OCH3 is 2. The molecule has 4 nitrogen and oxygen atoms in total. The van der Waals surface area contributed by atoms with Crippen LogP contribution in [0.25, 0.3) is 0 Å². The van der Waals surface area contributed by atoms with Gasteiger partial charge in [0.05, 0.1) is 6.10 Å². The van der Waals surface area contributed by atoms with Gasteiger partial charge in [0.25, 0.3) is 0 Å². The summed E-state index contributed by atoms with van der Waals surface area (Å²) in [4.78, 5) is 12.8. The molecule has 0 saturated carbocycles. The van der Waals surface area contributed by atoms with Crippen molar-refractivity contribution in [2.45, 2.75) is 6.10 Å². The second-order valence-electron chi connectivity index (χ2n) is 2.59. The molecule has 1 saturated heterocycles. The number of likely N-dealkylation sites (tertiary alicyclic amines) is 1. The Morgan fingerprint density at radius 3 is 2.64 bits per heavy atom. The maximum absolute atomic E-state index is 11.0. The molecule has 1 aliphatic rings. The van der Waals surface area contributed by atoms with Gasteiger partial charge in [0.1, 0.15) is 6.61 Å². The van der Waals surface area contributed by atoms with Gasteiger partial charge >= 0.3 is 0 Å². The minimum absolute atomic E-state index is 0.0424. The number of carbonyl (C=O) groups excluding carboxylic acids is 1. The molecule has 0 radical (unpaired) electrons. The van der Waals surface area contributed by atoms with Crippen LogP contribution < -0.4 is 0 Å². The molecular weight excluding hydrogens is 146 g/mol. The van der Waals surface area contributed by atoms with Crippen LogP contribution in [0.2, 0.25) is 0 Å². The topological polar surface area (TPSA) is 38.8 Å². The first kappa shape index (κ1) is 8.49. The van der Waals surface area contributed by atoms with E-state index < -0.39 is 0 Å². The minimum atomic E-state index is 0.0424. The summed E-state index contributed by atoms with van der Waals surface area (Å²) < 4.78 is 9.71. The number of nitrogens with zero attached hydrogens (tertiary/aromatic N) is 1. The molecule has 0 aromatic heterocycles. The molecule has 1 fully saturated rings. The molecule has 0 spiro atoms. The van der Waals surface area contributed by atoms with E-state index in [1.807, 2.05) is 0 Å². The van der Waals surface area contributed by atoms with Crippen LogP contribution in [-0.2, 0) is 14.3 Å². The fraction of sp³-hybridized carbons (Fsp3) is 0.857. The smallest absolute Gasteiger partial charge is 0.248 e. The average Bonchev–Trinajstić information content (AvgIpc) is 1.86. The van der Waals surface area contributed by atoms with E-state index in [9.17, 15) is 4.79 Å². The molecule has 1 heterocycles. The zero-order valence-electron chi connectivity index (χ0n) is 6.87. The van der Waals surface area contributed by atoms with Crippen molar-refractivity contribution in [1.29, 1.82) is 0 Å². The molecule has 0 aromatic carbocycles. The van der Waals surface area contributed by atoms with E-state index in [1.165, 1.54) is 7.11 Å². The summed E-state index contributed by atoms with van der Waals surface area (Å²) in [6, 6.07) is 0. The average molecular weight is 159 g/mol. The number of hydrogen-bond donors (Lipinski definition) is 0. The van der Waals surface area contributed by atoms with Crippen LogP contribution in [0.4, 0.5) is 0 Å². The maximum Gasteiger partial charge on any atom is 0.248 e. The second kappa shape index (κ2) is 3.69. The molecule has 1 rings (SSSR count). The van der Waals surface area contributed by atoms with Gasteiger partial charge in [-0.2, -0.15) is 0 Å². The Hall–Kier alpha value is -0.610. The Bertz CT molecular complexity index is 143. The van der Waals surface area contributed by atoms with Gasteiger partial charge in [-0.25, -0.2) is 0 Å². The Morgan fingerprint density at radius 1 is 1.55 bits per heavy atom. The Labute approximate surface area is 66.1 Å². The first-order chi connectivity index (χ1) is 5.27. The third kappa shape index (κ3) is 1.91. The van der Waals surface area contributed by atoms with Crippen molar-refractivity contribution in [2.75, 3.05) is 33.9 Å². The lowest BCUT2D eigenvalue weighted by Gasteiger charge is -2.37. The van der Waals surface area contributed by atoms with Crippen LogP contribution in [-0.4, -0.2) is 50.8 Å². The second-order valence-corrected chi connectivity index (χ2v) is 2.59. The summed E-state index contributed by atoms with van der Waals surface area (Å²) in [5.41, 5.74) is 0. The van der Waals surface area contributed by atoms with Crippen molar-refractivity contribution < 1.29 is 14.3 Å². The normalized spacial score (nSPS) is 18.2. The lowest BCUT2D eigenvalue weighted by molar-refractivity contribution is -0.146. The molecule has 0 bridgehead atoms. The van der Waals surface area contributed by atoms with E-state index in [1.54, 1.807) is 12.0 Å². The van der Waals surface area contributed by atoms with Crippen LogP contribution >= 0.6 is 0 Å². The lowest BCUT2D eigenvalue weighted by Crippen LogP contribution is -2.55. The monoisotopic (exact) mass is 159 g/mol. The molecule has 64 valence electrons. The maximum atomic E-state index is 11.0. The number of hydrogen-bond acceptors (Lipinski definition) is 3. The molecule has 0 unspecified atom stereocenters. The fourth-order valence-corrected chi connectivity index (χ4v) is 1.01. The van der Waals surface area contributed by atoms with Gasteiger partial charge in [0, 0.05) is 27.3 Å². The lowest BCUT2D eigenvalue weighted by atomic mass is 10.2. The number of amides is 1. The Balaban J connectivity index is 2.16. The number of rotatable bonds is 3. The number of ether oxygens (including phenoxy) is 2. The Kier molecular flexibility index (Phi) is 2.84. The summed E-state index contributed by atoms with van der Waals surface area (Å²) in [5.74, 6) is 0.0424. The van der Waals surface area contributed by atoms with Crippen LogP contribution in [0.1, 0.15) is 0 Å². The third-order valence-corrected chi connectivity index (χ3v) is 1.80. The predicted molar refractivity (Wildman–Crippen MR) is 39.3 cm³/mol. The van der Waals surface area contributed by atoms with E-state index in [2.05, 4.69) is 0 Å². The van der Waals surface area contributed by atoms with E-state index in [-0.39, 0.29) is 18.6 Å². The third-order valence-electron chi connectivity index (χ3n) is 1.80. The largest absolute Gasteiger partial charge is 0.378 e. The molecular formula is C7H13NO3. The molecule has 0 aliphatic carbocycles. The van der Waals surface area contributed by atoms with E-state index in [4.69, 9.17) is 9.47 Å². The quantitative estimate of drug-likeness (QED) is 0.556. The SMILES string of the molecule is COCC(=O)N1CC(OC)C1. The highest BCUT2D eigenvalue weighted by atomic mass is 16.5. The van der Waals surface area contributed by atoms with Crippen LogP contribution in [0, 0.1) is 0 Å². The van der Waals surface area contributed by atoms with Crippen LogP contribution in [0.3, 0.4) is 0 Å². The van der Waals surface area contributed by atoms with Gasteiger partial charge in [0.2, 0.25) is 5.91 Å². The van der Waals surface area contributed by atoms with Crippen molar-refractivity contribution in [3.63, 3.8) is 0 Å². The molecule has 11 heavy (non-hydrogen) atoms. The van der Waals surface area contributed by atoms with Gasteiger partial charge in [-0.15, -0.1) is 0 Å². The van der Waals surface area contributed by atoms with Crippen LogP contribution in [0.15, 0.2) is 0 Å². The van der Waals surface area contributed by atoms with E-state index >= 15 is 0 Å². The van der Waals surface area contributed by atoms with Gasteiger partial charge in [-0.05, 0) is 0 Å². The first-order valence-corrected chi connectivity index (χ1v) is 3.57. The highest BCUT2D eigenvalue weighted by molar-refractivity contribution is 5.78. The van der Waals surface area contributed by atoms with E-state index in [0.29, 0.717) is 13.1 Å². The van der Waals surface area contributed by atoms with Crippen molar-refractivity contribution in [3.05, 3.63) is 0 Å². The highest BCUT2D eigenvalue weighted by Crippen LogP contribution is 2.10. The molecule has 0 atom stereocenters. The zero-order valence-corrected chi connectivity index (χ0v) is 6.87. The summed E-state index contributed by atoms with van der Waals surface area (Å²) >= 11 is 0. The minimum Gasteiger partial charge on any atom is -0.378 e. The fourth-order valence-electron chi connectivity index (χ4n) is 1.01. The standard InChI is InChI=1S/C7H13NO3/c1-10-5-7(9)8-3-6(4-8)11-2/h6H,3-5H2,1-2H3. The van der Waals surface area contributed by atoms with Gasteiger partial charge in [-0.1, -0.05) is 0 Å². The van der Waals surface area contributed by atoms with Crippen molar-refractivity contribution >= 4 is 5.91 Å². The summed E-state index contributed by atoms with van der Waals surface area (Å²) in [7, 11) is 3.17. The number of carbonyl (C=O) groups is 1. The van der Waals surface area contributed by atoms with E-state index in [0.717, 1.165) is 0 Å². The van der Waals surface area contributed by atoms with Gasteiger partial charge in [-0.3, -0.25) is 4.79 Å². The summed E-state index contributed by atoms with van der Waals surface area (Å²) in [5, 5.41) is 0. The molecule has 0 aromatic rings. The van der Waals surface area contributed by atoms with Gasteiger partial charge < -0.3 is 14.4 Å². The molecule has 0 N–H and O–H groups in total. The van der Waals surface area contributed by atoms with Crippen molar-refractivity contribution in [1.82, 2.24) is 4.90 Å². The van der Waals surface area contributed by atoms with Crippen molar-refractivity contribution in [2.24, 2.45) is 0 Å². The van der Waals surface area contributed by atoms with Crippen molar-refractivity contribution in [3.8, 4) is 0 Å². The highest BCUT2D eigenvalue weighted by Gasteiger charge is 2.29. The zero-order chi connectivity index (χ0) is 8.27. The molecule has 1 amide bonds. The molecule has 1 aliphatic heterocycles. The predicted octanol–water partition coefficient (Wildman–Crippen LogP) is -0.510. The first-order valence-electron chi connectivity index (χ1n) is 3.57. The van der Waals surface area contributed by atoms with Crippen LogP contribution in [0.5, 0.6) is 0 Å². The summed E-state index contributed by atoms with van der Waals surface area (Å²) in [6.45, 7) is 1.59. The Morgan fingerprint density at radius 2 is 2.18 bits per heavy atom. The summed E-state index contributed by atoms with van der Waals surface area (Å²) in [6.07, 6.45) is 0.232. The molecule has 4 heteroatoms. The van der Waals surface area contributed by atoms with Gasteiger partial charge in [0.15, 0.2) is 0 Å².